The number of nitrogens with two attached hydrogens (primary N) is 1. The number of rotatable bonds is 8. The number of pyridine rings is 1. The number of aryl methyl sites for hydroxylation is 2. The molecule has 0 aliphatic rings. The Balaban J connectivity index is 1.83. The molecule has 162 valence electrons. The topological polar surface area (TPSA) is 100 Å². The highest BCUT2D eigenvalue weighted by atomic mass is 32.2. The van der Waals surface area contributed by atoms with Gasteiger partial charge < -0.3 is 15.0 Å². The third-order valence-electron chi connectivity index (χ3n) is 5.15. The molecule has 1 atom stereocenters. The van der Waals surface area contributed by atoms with Crippen LogP contribution in [0.4, 0.5) is 14.6 Å². The van der Waals surface area contributed by atoms with Gasteiger partial charge in [-0.2, -0.15) is 0 Å². The highest BCUT2D eigenvalue weighted by molar-refractivity contribution is 7.91. The Bertz CT molecular complexity index is 1180. The van der Waals surface area contributed by atoms with E-state index in [1.807, 2.05) is 18.4 Å². The van der Waals surface area contributed by atoms with Crippen molar-refractivity contribution in [3.05, 3.63) is 47.4 Å². The van der Waals surface area contributed by atoms with Crippen LogP contribution in [0.5, 0.6) is 0 Å². The van der Waals surface area contributed by atoms with E-state index >= 15 is 0 Å². The van der Waals surface area contributed by atoms with Crippen molar-refractivity contribution in [2.75, 3.05) is 25.2 Å². The van der Waals surface area contributed by atoms with Gasteiger partial charge in [0.15, 0.2) is 15.7 Å². The normalized spacial score (nSPS) is 13.1. The van der Waals surface area contributed by atoms with Crippen molar-refractivity contribution in [1.29, 1.82) is 0 Å². The maximum absolute atomic E-state index is 13.9. The molecule has 3 rings (SSSR count). The number of halogens is 2. The van der Waals surface area contributed by atoms with Crippen molar-refractivity contribution < 1.29 is 21.9 Å². The molecule has 7 nitrogen and oxygen atoms in total. The van der Waals surface area contributed by atoms with Crippen LogP contribution in [-0.2, 0) is 14.6 Å². The smallest absolute Gasteiger partial charge is 0.181 e. The van der Waals surface area contributed by atoms with Crippen molar-refractivity contribution in [2.45, 2.75) is 37.6 Å². The lowest BCUT2D eigenvalue weighted by molar-refractivity contribution is 0.152. The molecule has 0 aliphatic carbocycles. The van der Waals surface area contributed by atoms with Gasteiger partial charge in [-0.15, -0.1) is 0 Å². The molecular weight excluding hydrogens is 414 g/mol. The number of benzene rings is 1. The Kier molecular flexibility index (Phi) is 6.37. The first-order chi connectivity index (χ1) is 14.2. The SMILES string of the molecule is COCC(CCCS(=O)(=O)c1ccc(F)cc1F)n1cnc2c(N)nc(C)c(C)c21. The zero-order valence-electron chi connectivity index (χ0n) is 17.0. The van der Waals surface area contributed by atoms with E-state index in [1.54, 1.807) is 13.4 Å². The van der Waals surface area contributed by atoms with Gasteiger partial charge in [0.2, 0.25) is 0 Å². The number of ether oxygens (including phenoxy) is 1. The van der Waals surface area contributed by atoms with Gasteiger partial charge >= 0.3 is 0 Å². The molecule has 0 saturated heterocycles. The largest absolute Gasteiger partial charge is 0.383 e. The monoisotopic (exact) mass is 438 g/mol. The van der Waals surface area contributed by atoms with E-state index in [9.17, 15) is 17.2 Å². The molecule has 0 radical (unpaired) electrons. The number of methoxy groups -OCH3 is 1. The fraction of sp³-hybridized carbons (Fsp3) is 0.400. The molecule has 0 saturated carbocycles. The second-order valence-electron chi connectivity index (χ2n) is 7.20. The molecule has 2 N–H and O–H groups in total. The summed E-state index contributed by atoms with van der Waals surface area (Å²) in [6.45, 7) is 4.11. The number of anilines is 1. The van der Waals surface area contributed by atoms with Gasteiger partial charge in [-0.05, 0) is 44.4 Å². The van der Waals surface area contributed by atoms with Crippen LogP contribution in [0.25, 0.3) is 11.0 Å². The summed E-state index contributed by atoms with van der Waals surface area (Å²) in [4.78, 5) is 8.16. The number of hydrogen-bond donors (Lipinski definition) is 1. The highest BCUT2D eigenvalue weighted by Gasteiger charge is 2.22. The van der Waals surface area contributed by atoms with Gasteiger partial charge in [0, 0.05) is 18.9 Å². The number of hydrogen-bond acceptors (Lipinski definition) is 6. The molecule has 2 heterocycles. The Morgan fingerprint density at radius 2 is 2.00 bits per heavy atom. The number of fused-ring (bicyclic) bond motifs is 1. The summed E-state index contributed by atoms with van der Waals surface area (Å²) < 4.78 is 59.3. The second kappa shape index (κ2) is 8.65. The number of imidazole rings is 1. The third kappa shape index (κ3) is 4.29. The Labute approximate surface area is 173 Å². The predicted octanol–water partition coefficient (Wildman–Crippen LogP) is 3.35. The van der Waals surface area contributed by atoms with Crippen LogP contribution in [0, 0.1) is 25.5 Å². The molecule has 0 amide bonds. The molecule has 2 aromatic heterocycles. The van der Waals surface area contributed by atoms with Crippen LogP contribution in [0.2, 0.25) is 0 Å². The van der Waals surface area contributed by atoms with Gasteiger partial charge in [-0.3, -0.25) is 0 Å². The quantitative estimate of drug-likeness (QED) is 0.542. The summed E-state index contributed by atoms with van der Waals surface area (Å²) >= 11 is 0. The Morgan fingerprint density at radius 1 is 1.27 bits per heavy atom. The van der Waals surface area contributed by atoms with Crippen molar-refractivity contribution in [3.8, 4) is 0 Å². The minimum atomic E-state index is -3.89. The van der Waals surface area contributed by atoms with Crippen LogP contribution in [0.3, 0.4) is 0 Å². The van der Waals surface area contributed by atoms with E-state index in [4.69, 9.17) is 10.5 Å². The summed E-state index contributed by atoms with van der Waals surface area (Å²) in [6, 6.07) is 2.26. The molecule has 1 aromatic carbocycles. The van der Waals surface area contributed by atoms with Gasteiger partial charge in [-0.25, -0.2) is 27.2 Å². The van der Waals surface area contributed by atoms with Crippen LogP contribution in [0.1, 0.15) is 30.1 Å². The summed E-state index contributed by atoms with van der Waals surface area (Å²) in [7, 11) is -2.33. The minimum Gasteiger partial charge on any atom is -0.383 e. The first kappa shape index (κ1) is 22.1. The average Bonchev–Trinajstić information content (AvgIpc) is 3.11. The van der Waals surface area contributed by atoms with Crippen molar-refractivity contribution >= 4 is 26.7 Å². The maximum Gasteiger partial charge on any atom is 0.181 e. The lowest BCUT2D eigenvalue weighted by Gasteiger charge is -2.20. The molecule has 0 aliphatic heterocycles. The van der Waals surface area contributed by atoms with Gasteiger partial charge in [0.25, 0.3) is 0 Å². The summed E-state index contributed by atoms with van der Waals surface area (Å²) in [5.74, 6) is -1.85. The minimum absolute atomic E-state index is 0.201. The van der Waals surface area contributed by atoms with Crippen LogP contribution in [-0.4, -0.2) is 42.4 Å². The van der Waals surface area contributed by atoms with Crippen LogP contribution < -0.4 is 5.73 Å². The number of nitrogens with zero attached hydrogens (tertiary/aromatic N) is 3. The highest BCUT2D eigenvalue weighted by Crippen LogP contribution is 2.29. The van der Waals surface area contributed by atoms with Gasteiger partial charge in [0.05, 0.1) is 30.2 Å². The summed E-state index contributed by atoms with van der Waals surface area (Å²) in [5, 5.41) is 0. The number of sulfone groups is 1. The zero-order valence-corrected chi connectivity index (χ0v) is 17.8. The molecule has 10 heteroatoms. The average molecular weight is 439 g/mol. The number of aromatic nitrogens is 3. The van der Waals surface area contributed by atoms with Gasteiger partial charge in [-0.1, -0.05) is 0 Å². The Hall–Kier alpha value is -2.59. The third-order valence-corrected chi connectivity index (χ3v) is 6.98. The molecule has 1 unspecified atom stereocenters. The number of nitrogen functional groups attached to an aromatic ring is 1. The van der Waals surface area contributed by atoms with E-state index in [0.29, 0.717) is 30.4 Å². The van der Waals surface area contributed by atoms with Crippen molar-refractivity contribution in [2.24, 2.45) is 0 Å². The standard InChI is InChI=1S/C20H24F2N4O3S/c1-12-13(2)25-20(23)18-19(12)26(11-24-18)15(10-29-3)5-4-8-30(27,28)17-7-6-14(21)9-16(17)22/h6-7,9,11,15H,4-5,8,10H2,1-3H3,(H2,23,25). The van der Waals surface area contributed by atoms with E-state index < -0.39 is 26.4 Å². The molecular formula is C20H24F2N4O3S. The molecule has 0 fully saturated rings. The lowest BCUT2D eigenvalue weighted by atomic mass is 10.1. The molecule has 30 heavy (non-hydrogen) atoms. The summed E-state index contributed by atoms with van der Waals surface area (Å²) in [5.41, 5.74) is 9.13. The fourth-order valence-electron chi connectivity index (χ4n) is 3.53. The van der Waals surface area contributed by atoms with Gasteiger partial charge in [0.1, 0.15) is 22.0 Å². The van der Waals surface area contributed by atoms with E-state index in [0.717, 1.165) is 28.9 Å². The first-order valence-corrected chi connectivity index (χ1v) is 11.1. The zero-order chi connectivity index (χ0) is 22.1. The van der Waals surface area contributed by atoms with Crippen molar-refractivity contribution in [1.82, 2.24) is 14.5 Å². The maximum atomic E-state index is 13.9. The fourth-order valence-corrected chi connectivity index (χ4v) is 4.92. The first-order valence-electron chi connectivity index (χ1n) is 9.41. The molecule has 0 spiro atoms. The van der Waals surface area contributed by atoms with E-state index in [-0.39, 0.29) is 18.2 Å². The van der Waals surface area contributed by atoms with E-state index in [1.165, 1.54) is 0 Å². The Morgan fingerprint density at radius 3 is 2.67 bits per heavy atom. The lowest BCUT2D eigenvalue weighted by Crippen LogP contribution is -2.17. The van der Waals surface area contributed by atoms with Crippen LogP contribution in [0.15, 0.2) is 29.4 Å². The second-order valence-corrected chi connectivity index (χ2v) is 9.28. The molecule has 0 bridgehead atoms. The summed E-state index contributed by atoms with van der Waals surface area (Å²) in [6.07, 6.45) is 2.35. The molecule has 3 aromatic rings. The predicted molar refractivity (Wildman–Crippen MR) is 110 cm³/mol. The van der Waals surface area contributed by atoms with E-state index in [2.05, 4.69) is 9.97 Å². The van der Waals surface area contributed by atoms with Crippen LogP contribution >= 0.6 is 0 Å². The van der Waals surface area contributed by atoms with Crippen molar-refractivity contribution in [3.63, 3.8) is 0 Å².